The summed E-state index contributed by atoms with van der Waals surface area (Å²) in [6, 6.07) is 11.2. The van der Waals surface area contributed by atoms with Crippen molar-refractivity contribution in [1.29, 1.82) is 0 Å². The van der Waals surface area contributed by atoms with E-state index in [2.05, 4.69) is 15.4 Å². The number of aliphatic hydroxyl groups is 1. The van der Waals surface area contributed by atoms with E-state index >= 15 is 0 Å². The molecule has 2 aromatic carbocycles. The van der Waals surface area contributed by atoms with Crippen LogP contribution in [0.1, 0.15) is 36.4 Å². The maximum absolute atomic E-state index is 13.2. The van der Waals surface area contributed by atoms with Gasteiger partial charge in [0.2, 0.25) is 15.9 Å². The predicted molar refractivity (Wildman–Crippen MR) is 143 cm³/mol. The number of hydrogen-bond acceptors (Lipinski definition) is 6. The first kappa shape index (κ1) is 29.0. The fourth-order valence-electron chi connectivity index (χ4n) is 3.55. The molecule has 1 aromatic heterocycles. The molecule has 200 valence electrons. The Kier molecular flexibility index (Phi) is 10.0. The number of carbonyl (C=O) groups excluding carboxylic acids is 2. The first-order valence-corrected chi connectivity index (χ1v) is 14.4. The van der Waals surface area contributed by atoms with E-state index < -0.39 is 39.8 Å². The van der Waals surface area contributed by atoms with Gasteiger partial charge in [0.25, 0.3) is 5.91 Å². The van der Waals surface area contributed by atoms with E-state index in [-0.39, 0.29) is 28.9 Å². The highest BCUT2D eigenvalue weighted by atomic mass is 35.5. The van der Waals surface area contributed by atoms with Crippen molar-refractivity contribution in [3.05, 3.63) is 64.2 Å². The second kappa shape index (κ2) is 12.8. The van der Waals surface area contributed by atoms with Crippen molar-refractivity contribution < 1.29 is 27.5 Å². The van der Waals surface area contributed by atoms with Gasteiger partial charge in [-0.3, -0.25) is 9.59 Å². The first-order chi connectivity index (χ1) is 17.5. The largest absolute Gasteiger partial charge is 0.390 e. The van der Waals surface area contributed by atoms with E-state index in [0.29, 0.717) is 17.7 Å². The van der Waals surface area contributed by atoms with Crippen molar-refractivity contribution in [3.8, 4) is 0 Å². The number of carbonyl (C=O) groups is 2. The highest BCUT2D eigenvalue weighted by molar-refractivity contribution is 7.89. The third kappa shape index (κ3) is 7.71. The number of nitrogens with one attached hydrogen (secondary N) is 3. The monoisotopic (exact) mass is 569 g/mol. The van der Waals surface area contributed by atoms with Crippen molar-refractivity contribution in [2.75, 3.05) is 13.1 Å². The van der Waals surface area contributed by atoms with Crippen LogP contribution in [-0.4, -0.2) is 50.6 Å². The van der Waals surface area contributed by atoms with Crippen LogP contribution in [0.5, 0.6) is 0 Å². The van der Waals surface area contributed by atoms with Crippen LogP contribution in [0.25, 0.3) is 10.1 Å². The molecule has 12 heteroatoms. The maximum atomic E-state index is 13.2. The van der Waals surface area contributed by atoms with Crippen LogP contribution in [0.4, 0.5) is 4.39 Å². The molecule has 0 aliphatic heterocycles. The Balaban J connectivity index is 1.51. The van der Waals surface area contributed by atoms with Crippen molar-refractivity contribution in [3.63, 3.8) is 0 Å². The van der Waals surface area contributed by atoms with Gasteiger partial charge >= 0.3 is 0 Å². The van der Waals surface area contributed by atoms with Crippen LogP contribution in [0.2, 0.25) is 5.02 Å². The summed E-state index contributed by atoms with van der Waals surface area (Å²) in [5.74, 6) is -1.91. The summed E-state index contributed by atoms with van der Waals surface area (Å²) in [6.45, 7) is 3.77. The lowest BCUT2D eigenvalue weighted by atomic mass is 9.98. The van der Waals surface area contributed by atoms with Gasteiger partial charge in [-0.15, -0.1) is 11.3 Å². The average molecular weight is 570 g/mol. The zero-order valence-corrected chi connectivity index (χ0v) is 22.7. The van der Waals surface area contributed by atoms with Crippen molar-refractivity contribution in [1.82, 2.24) is 15.4 Å². The van der Waals surface area contributed by atoms with Gasteiger partial charge < -0.3 is 15.7 Å². The van der Waals surface area contributed by atoms with Crippen LogP contribution < -0.4 is 15.4 Å². The van der Waals surface area contributed by atoms with Gasteiger partial charge in [0, 0.05) is 17.8 Å². The molecule has 2 unspecified atom stereocenters. The van der Waals surface area contributed by atoms with Gasteiger partial charge in [0.15, 0.2) is 0 Å². The number of amides is 2. The third-order valence-corrected chi connectivity index (χ3v) is 8.68. The lowest BCUT2D eigenvalue weighted by Crippen LogP contribution is -2.54. The summed E-state index contributed by atoms with van der Waals surface area (Å²) in [5.41, 5.74) is 0. The summed E-state index contributed by atoms with van der Waals surface area (Å²) in [6.07, 6.45) is -0.282. The predicted octanol–water partition coefficient (Wildman–Crippen LogP) is 3.68. The number of sulfonamides is 1. The molecule has 0 aliphatic rings. The van der Waals surface area contributed by atoms with E-state index in [1.807, 2.05) is 24.3 Å². The van der Waals surface area contributed by atoms with Crippen molar-refractivity contribution in [2.24, 2.45) is 5.92 Å². The molecule has 0 saturated carbocycles. The number of hydrogen-bond donors (Lipinski definition) is 4. The third-order valence-electron chi connectivity index (χ3n) is 5.62. The summed E-state index contributed by atoms with van der Waals surface area (Å²) in [4.78, 5) is 25.9. The van der Waals surface area contributed by atoms with Gasteiger partial charge in [0.05, 0.1) is 16.0 Å². The minimum atomic E-state index is -3.91. The van der Waals surface area contributed by atoms with Crippen LogP contribution in [-0.2, 0) is 14.8 Å². The Morgan fingerprint density at radius 1 is 1.08 bits per heavy atom. The molecule has 3 aromatic rings. The highest BCUT2D eigenvalue weighted by Gasteiger charge is 2.31. The van der Waals surface area contributed by atoms with Gasteiger partial charge in [-0.05, 0) is 54.5 Å². The van der Waals surface area contributed by atoms with Gasteiger partial charge in [-0.2, -0.15) is 0 Å². The number of aliphatic hydroxyl groups excluding tert-OH is 1. The van der Waals surface area contributed by atoms with Gasteiger partial charge in [0.1, 0.15) is 16.8 Å². The second-order valence-corrected chi connectivity index (χ2v) is 12.0. The molecule has 0 radical (unpaired) electrons. The highest BCUT2D eigenvalue weighted by Crippen LogP contribution is 2.25. The Bertz CT molecular complexity index is 1330. The Hall–Kier alpha value is -2.57. The van der Waals surface area contributed by atoms with E-state index in [1.54, 1.807) is 19.9 Å². The molecule has 1 heterocycles. The number of rotatable bonds is 12. The fourth-order valence-corrected chi connectivity index (χ4v) is 6.12. The van der Waals surface area contributed by atoms with Crippen LogP contribution in [0.3, 0.4) is 0 Å². The molecule has 37 heavy (non-hydrogen) atoms. The lowest BCUT2D eigenvalue weighted by Gasteiger charge is -2.25. The van der Waals surface area contributed by atoms with Gasteiger partial charge in [-0.25, -0.2) is 17.5 Å². The van der Waals surface area contributed by atoms with Crippen molar-refractivity contribution >= 4 is 54.9 Å². The van der Waals surface area contributed by atoms with Crippen molar-refractivity contribution in [2.45, 2.75) is 43.7 Å². The average Bonchev–Trinajstić information content (AvgIpc) is 3.28. The second-order valence-electron chi connectivity index (χ2n) is 8.80. The summed E-state index contributed by atoms with van der Waals surface area (Å²) < 4.78 is 41.2. The Morgan fingerprint density at radius 2 is 1.78 bits per heavy atom. The minimum absolute atomic E-state index is 0.0760. The number of benzene rings is 2. The molecule has 0 bridgehead atoms. The molecule has 0 spiro atoms. The van der Waals surface area contributed by atoms with Crippen LogP contribution in [0.15, 0.2) is 53.4 Å². The normalized spacial score (nSPS) is 13.5. The summed E-state index contributed by atoms with van der Waals surface area (Å²) >= 11 is 7.13. The molecule has 2 amide bonds. The van der Waals surface area contributed by atoms with E-state index in [1.165, 1.54) is 11.3 Å². The number of halogens is 2. The lowest BCUT2D eigenvalue weighted by molar-refractivity contribution is -0.126. The fraction of sp³-hybridized carbons (Fsp3) is 0.360. The standard InChI is InChI=1S/C25H29ClFN3O5S2/c1-15(2)23(31)22(30-24(32)20-13-16-7-3-4-8-19(16)36-20)25(33)28-11-5-6-12-29-37(34,35)21-10-9-17(27)14-18(21)26/h3-4,7-10,13-15,22-23,29,31H,5-6,11-12H2,1-2H3,(H,28,33)(H,30,32). The molecule has 8 nitrogen and oxygen atoms in total. The first-order valence-electron chi connectivity index (χ1n) is 11.7. The molecule has 0 saturated heterocycles. The van der Waals surface area contributed by atoms with E-state index in [0.717, 1.165) is 28.3 Å². The number of fused-ring (bicyclic) bond motifs is 1. The number of thiophene rings is 1. The molecule has 4 N–H and O–H groups in total. The Morgan fingerprint density at radius 3 is 2.46 bits per heavy atom. The zero-order valence-electron chi connectivity index (χ0n) is 20.3. The van der Waals surface area contributed by atoms with Crippen LogP contribution in [0, 0.1) is 11.7 Å². The Labute approximate surface area is 224 Å². The molecule has 0 fully saturated rings. The van der Waals surface area contributed by atoms with Crippen LogP contribution >= 0.6 is 22.9 Å². The van der Waals surface area contributed by atoms with E-state index in [9.17, 15) is 27.5 Å². The molecule has 2 atom stereocenters. The van der Waals surface area contributed by atoms with E-state index in [4.69, 9.17) is 11.6 Å². The molecule has 0 aliphatic carbocycles. The molecular formula is C25H29ClFN3O5S2. The molecule has 3 rings (SSSR count). The smallest absolute Gasteiger partial charge is 0.262 e. The zero-order chi connectivity index (χ0) is 27.2. The summed E-state index contributed by atoms with van der Waals surface area (Å²) in [5, 5.41) is 16.6. The summed E-state index contributed by atoms with van der Waals surface area (Å²) in [7, 11) is -3.91. The topological polar surface area (TPSA) is 125 Å². The molecular weight excluding hydrogens is 541 g/mol. The number of unbranched alkanes of at least 4 members (excludes halogenated alkanes) is 1. The maximum Gasteiger partial charge on any atom is 0.262 e. The SMILES string of the molecule is CC(C)C(O)C(NC(=O)c1cc2ccccc2s1)C(=O)NCCCCNS(=O)(=O)c1ccc(F)cc1Cl. The minimum Gasteiger partial charge on any atom is -0.390 e. The van der Waals surface area contributed by atoms with Gasteiger partial charge in [-0.1, -0.05) is 43.6 Å². The quantitative estimate of drug-likeness (QED) is 0.248.